The first-order chi connectivity index (χ1) is 6.92. The monoisotopic (exact) mass is 331 g/mol. The molecule has 80 valence electrons. The fraction of sp³-hybridized carbons (Fsp3) is 0.364. The molecule has 1 aromatic carbocycles. The lowest BCUT2D eigenvalue weighted by molar-refractivity contribution is 0.553. The molecular formula is C11H14INOSi. The van der Waals surface area contributed by atoms with Crippen LogP contribution in [0.3, 0.4) is 0 Å². The van der Waals surface area contributed by atoms with Crippen molar-refractivity contribution in [2.75, 3.05) is 0 Å². The maximum absolute atomic E-state index is 8.63. The summed E-state index contributed by atoms with van der Waals surface area (Å²) in [4.78, 5) is 0. The second-order valence-electron chi connectivity index (χ2n) is 4.31. The van der Waals surface area contributed by atoms with Crippen LogP contribution in [0.5, 0.6) is 5.75 Å². The van der Waals surface area contributed by atoms with Crippen LogP contribution in [0.2, 0.25) is 19.6 Å². The smallest absolute Gasteiger partial charge is 0.242 e. The van der Waals surface area contributed by atoms with Gasteiger partial charge in [0.25, 0.3) is 0 Å². The van der Waals surface area contributed by atoms with Crippen molar-refractivity contribution in [2.45, 2.75) is 26.1 Å². The Morgan fingerprint density at radius 1 is 1.40 bits per heavy atom. The van der Waals surface area contributed by atoms with Gasteiger partial charge in [0.15, 0.2) is 0 Å². The molecule has 1 rings (SSSR count). The summed E-state index contributed by atoms with van der Waals surface area (Å²) in [6.45, 7) is 6.46. The molecule has 0 aliphatic carbocycles. The number of nitriles is 1. The quantitative estimate of drug-likeness (QED) is 0.627. The second-order valence-corrected chi connectivity index (χ2v) is 9.91. The molecule has 0 radical (unpaired) electrons. The predicted molar refractivity (Wildman–Crippen MR) is 72.5 cm³/mol. The van der Waals surface area contributed by atoms with Gasteiger partial charge in [0, 0.05) is 0 Å². The highest BCUT2D eigenvalue weighted by Crippen LogP contribution is 2.25. The molecule has 0 atom stereocenters. The summed E-state index contributed by atoms with van der Waals surface area (Å²) in [7, 11) is -1.56. The molecular weight excluding hydrogens is 317 g/mol. The van der Waals surface area contributed by atoms with E-state index in [0.29, 0.717) is 6.42 Å². The number of rotatable bonds is 3. The molecule has 0 unspecified atom stereocenters. The van der Waals surface area contributed by atoms with Crippen molar-refractivity contribution in [2.24, 2.45) is 0 Å². The number of nitrogens with zero attached hydrogens (tertiary/aromatic N) is 1. The maximum Gasteiger partial charge on any atom is 0.242 e. The van der Waals surface area contributed by atoms with Gasteiger partial charge >= 0.3 is 0 Å². The van der Waals surface area contributed by atoms with E-state index in [1.165, 1.54) is 0 Å². The van der Waals surface area contributed by atoms with Crippen LogP contribution < -0.4 is 4.43 Å². The van der Waals surface area contributed by atoms with Crippen molar-refractivity contribution >= 4 is 30.9 Å². The fourth-order valence-corrected chi connectivity index (χ4v) is 2.64. The Hall–Kier alpha value is -0.543. The lowest BCUT2D eigenvalue weighted by Crippen LogP contribution is -2.29. The first-order valence-electron chi connectivity index (χ1n) is 4.77. The van der Waals surface area contributed by atoms with Crippen LogP contribution in [0.4, 0.5) is 0 Å². The third-order valence-electron chi connectivity index (χ3n) is 1.69. The van der Waals surface area contributed by atoms with Crippen LogP contribution >= 0.6 is 22.6 Å². The largest absolute Gasteiger partial charge is 0.544 e. The van der Waals surface area contributed by atoms with E-state index in [9.17, 15) is 0 Å². The summed E-state index contributed by atoms with van der Waals surface area (Å²) < 4.78 is 7.05. The summed E-state index contributed by atoms with van der Waals surface area (Å²) in [5.74, 6) is 0.919. The predicted octanol–water partition coefficient (Wildman–Crippen LogP) is 3.57. The molecule has 0 saturated carbocycles. The van der Waals surface area contributed by atoms with Gasteiger partial charge in [-0.25, -0.2) is 0 Å². The van der Waals surface area contributed by atoms with Crippen molar-refractivity contribution in [3.8, 4) is 11.8 Å². The van der Waals surface area contributed by atoms with Gasteiger partial charge in [-0.1, -0.05) is 6.07 Å². The molecule has 0 heterocycles. The fourth-order valence-electron chi connectivity index (χ4n) is 1.16. The molecule has 2 nitrogen and oxygen atoms in total. The first-order valence-corrected chi connectivity index (χ1v) is 9.25. The Bertz CT molecular complexity index is 393. The van der Waals surface area contributed by atoms with E-state index in [2.05, 4.69) is 48.3 Å². The lowest BCUT2D eigenvalue weighted by atomic mass is 10.2. The van der Waals surface area contributed by atoms with E-state index in [-0.39, 0.29) is 0 Å². The van der Waals surface area contributed by atoms with E-state index >= 15 is 0 Å². The zero-order valence-corrected chi connectivity index (χ0v) is 12.3. The summed E-state index contributed by atoms with van der Waals surface area (Å²) in [6, 6.07) is 8.10. The molecule has 0 bridgehead atoms. The number of halogens is 1. The molecule has 0 saturated heterocycles. The molecule has 1 aromatic rings. The summed E-state index contributed by atoms with van der Waals surface area (Å²) in [5, 5.41) is 8.63. The van der Waals surface area contributed by atoms with Crippen LogP contribution in [-0.4, -0.2) is 8.32 Å². The topological polar surface area (TPSA) is 33.0 Å². The maximum atomic E-state index is 8.63. The molecule has 0 amide bonds. The second kappa shape index (κ2) is 4.99. The summed E-state index contributed by atoms with van der Waals surface area (Å²) in [5.41, 5.74) is 1.02. The van der Waals surface area contributed by atoms with Gasteiger partial charge in [0.05, 0.1) is 16.1 Å². The minimum Gasteiger partial charge on any atom is -0.544 e. The zero-order chi connectivity index (χ0) is 11.5. The first kappa shape index (κ1) is 12.5. The van der Waals surface area contributed by atoms with Crippen LogP contribution in [0.25, 0.3) is 0 Å². The highest BCUT2D eigenvalue weighted by Gasteiger charge is 2.17. The number of hydrogen-bond donors (Lipinski definition) is 0. The van der Waals surface area contributed by atoms with Gasteiger partial charge in [0.1, 0.15) is 5.75 Å². The van der Waals surface area contributed by atoms with Crippen LogP contribution in [-0.2, 0) is 6.42 Å². The Kier molecular flexibility index (Phi) is 4.17. The number of benzene rings is 1. The SMILES string of the molecule is C[Si](C)(C)Oc1cc(CC#N)ccc1I. The van der Waals surface area contributed by atoms with Crippen molar-refractivity contribution in [1.82, 2.24) is 0 Å². The molecule has 4 heteroatoms. The summed E-state index contributed by atoms with van der Waals surface area (Å²) in [6.07, 6.45) is 0.443. The molecule has 0 aliphatic rings. The molecule has 0 aromatic heterocycles. The number of hydrogen-bond acceptors (Lipinski definition) is 2. The van der Waals surface area contributed by atoms with Crippen molar-refractivity contribution in [3.63, 3.8) is 0 Å². The van der Waals surface area contributed by atoms with Gasteiger partial charge < -0.3 is 4.43 Å². The van der Waals surface area contributed by atoms with E-state index in [1.54, 1.807) is 0 Å². The van der Waals surface area contributed by atoms with E-state index in [1.807, 2.05) is 18.2 Å². The van der Waals surface area contributed by atoms with Gasteiger partial charge in [-0.2, -0.15) is 5.26 Å². The van der Waals surface area contributed by atoms with E-state index in [0.717, 1.165) is 14.9 Å². The van der Waals surface area contributed by atoms with Crippen LogP contribution in [0.1, 0.15) is 5.56 Å². The Labute approximate surface area is 106 Å². The Morgan fingerprint density at radius 3 is 2.60 bits per heavy atom. The summed E-state index contributed by atoms with van der Waals surface area (Å²) >= 11 is 2.26. The van der Waals surface area contributed by atoms with Gasteiger partial charge in [0.2, 0.25) is 8.32 Å². The molecule has 0 N–H and O–H groups in total. The molecule has 0 fully saturated rings. The zero-order valence-electron chi connectivity index (χ0n) is 9.17. The highest BCUT2D eigenvalue weighted by atomic mass is 127. The molecule has 15 heavy (non-hydrogen) atoms. The Balaban J connectivity index is 2.96. The standard InChI is InChI=1S/C11H14INOSi/c1-15(2,3)14-11-8-9(6-7-13)4-5-10(11)12/h4-5,8H,6H2,1-3H3. The molecule has 0 spiro atoms. The van der Waals surface area contributed by atoms with Crippen LogP contribution in [0.15, 0.2) is 18.2 Å². The highest BCUT2D eigenvalue weighted by molar-refractivity contribution is 14.1. The van der Waals surface area contributed by atoms with Gasteiger partial charge in [-0.05, 0) is 59.9 Å². The van der Waals surface area contributed by atoms with Crippen molar-refractivity contribution in [3.05, 3.63) is 27.3 Å². The van der Waals surface area contributed by atoms with Gasteiger partial charge in [-0.3, -0.25) is 0 Å². The normalized spacial score (nSPS) is 10.9. The Morgan fingerprint density at radius 2 is 2.07 bits per heavy atom. The van der Waals surface area contributed by atoms with Gasteiger partial charge in [-0.15, -0.1) is 0 Å². The minimum absolute atomic E-state index is 0.443. The van der Waals surface area contributed by atoms with E-state index < -0.39 is 8.32 Å². The van der Waals surface area contributed by atoms with Crippen molar-refractivity contribution in [1.29, 1.82) is 5.26 Å². The third-order valence-corrected chi connectivity index (χ3v) is 3.42. The average Bonchev–Trinajstić information content (AvgIpc) is 2.09. The average molecular weight is 331 g/mol. The minimum atomic E-state index is -1.56. The van der Waals surface area contributed by atoms with Crippen molar-refractivity contribution < 1.29 is 4.43 Å². The molecule has 0 aliphatic heterocycles. The lowest BCUT2D eigenvalue weighted by Gasteiger charge is -2.20. The van der Waals surface area contributed by atoms with E-state index in [4.69, 9.17) is 9.69 Å². The third kappa shape index (κ3) is 4.22. The van der Waals surface area contributed by atoms with Crippen LogP contribution in [0, 0.1) is 14.9 Å².